The number of rotatable bonds is 9. The molecule has 0 aliphatic carbocycles. The van der Waals surface area contributed by atoms with Crippen LogP contribution in [0.5, 0.6) is 11.5 Å². The average Bonchev–Trinajstić information content (AvgIpc) is 2.79. The zero-order valence-corrected chi connectivity index (χ0v) is 23.4. The van der Waals surface area contributed by atoms with Crippen LogP contribution in [0.15, 0.2) is 41.5 Å². The van der Waals surface area contributed by atoms with Crippen LogP contribution in [0, 0.1) is 13.8 Å². The van der Waals surface area contributed by atoms with Gasteiger partial charge in [-0.25, -0.2) is 0 Å². The smallest absolute Gasteiger partial charge is 0.126 e. The first kappa shape index (κ1) is 34.2. The van der Waals surface area contributed by atoms with Gasteiger partial charge in [-0.1, -0.05) is 70.6 Å². The third-order valence-electron chi connectivity index (χ3n) is 6.00. The molecule has 34 heavy (non-hydrogen) atoms. The van der Waals surface area contributed by atoms with Crippen molar-refractivity contribution in [2.75, 3.05) is 0 Å². The molecule has 1 atom stereocenters. The van der Waals surface area contributed by atoms with Crippen molar-refractivity contribution in [3.63, 3.8) is 0 Å². The molecular weight excluding hydrogens is 416 g/mol. The summed E-state index contributed by atoms with van der Waals surface area (Å²) in [5.41, 5.74) is 5.97. The van der Waals surface area contributed by atoms with E-state index in [1.54, 1.807) is 0 Å². The van der Waals surface area contributed by atoms with Gasteiger partial charge in [0.1, 0.15) is 17.1 Å². The van der Waals surface area contributed by atoms with Gasteiger partial charge in [0.15, 0.2) is 0 Å². The standard InChI is InChI=1S/C27H40O2.2C2H6.CH4/c1-20(2)13-12-15-21(3)14-10-8-7-9-11-17-27(6)18-16-24-23(5)25(28)19-22(4)26(24)29-27;2*1-2;/h7,9,13-14,19,28H,8,10-12,15-18H2,1-6H3;2*1-2H3;1H4/b9-7+,21-14+;;;/t27-;;;/m0.../s1. The van der Waals surface area contributed by atoms with Crippen LogP contribution in [-0.2, 0) is 6.42 Å². The number of unbranched alkanes of at least 4 members (excludes halogenated alkanes) is 1. The summed E-state index contributed by atoms with van der Waals surface area (Å²) in [7, 11) is 0. The molecule has 0 spiro atoms. The Labute approximate surface area is 213 Å². The highest BCUT2D eigenvalue weighted by atomic mass is 16.5. The fraction of sp³-hybridized carbons (Fsp3) is 0.625. The molecule has 1 aliphatic rings. The van der Waals surface area contributed by atoms with Gasteiger partial charge in [-0.2, -0.15) is 0 Å². The van der Waals surface area contributed by atoms with Crippen LogP contribution in [0.1, 0.15) is 124 Å². The molecule has 1 N–H and O–H groups in total. The van der Waals surface area contributed by atoms with E-state index in [1.165, 1.54) is 23.1 Å². The van der Waals surface area contributed by atoms with Crippen molar-refractivity contribution in [2.45, 2.75) is 134 Å². The number of hydrogen-bond acceptors (Lipinski definition) is 2. The van der Waals surface area contributed by atoms with Crippen molar-refractivity contribution < 1.29 is 9.84 Å². The largest absolute Gasteiger partial charge is 0.508 e. The quantitative estimate of drug-likeness (QED) is 0.286. The number of fused-ring (bicyclic) bond motifs is 1. The predicted molar refractivity (Wildman–Crippen MR) is 154 cm³/mol. The van der Waals surface area contributed by atoms with Gasteiger partial charge in [-0.15, -0.1) is 0 Å². The summed E-state index contributed by atoms with van der Waals surface area (Å²) in [5.74, 6) is 1.38. The molecule has 0 bridgehead atoms. The molecule has 0 unspecified atom stereocenters. The molecule has 1 aromatic rings. The zero-order valence-electron chi connectivity index (χ0n) is 23.4. The van der Waals surface area contributed by atoms with Gasteiger partial charge in [0, 0.05) is 5.56 Å². The first-order chi connectivity index (χ1) is 15.7. The number of hydrogen-bond donors (Lipinski definition) is 1. The number of phenols is 1. The lowest BCUT2D eigenvalue weighted by Gasteiger charge is -2.37. The van der Waals surface area contributed by atoms with Crippen LogP contribution in [0.2, 0.25) is 0 Å². The highest BCUT2D eigenvalue weighted by Gasteiger charge is 2.33. The molecule has 0 saturated carbocycles. The molecule has 1 heterocycles. The summed E-state index contributed by atoms with van der Waals surface area (Å²) >= 11 is 0. The average molecular weight is 473 g/mol. The van der Waals surface area contributed by atoms with Crippen LogP contribution >= 0.6 is 0 Å². The van der Waals surface area contributed by atoms with E-state index in [2.05, 4.69) is 52.0 Å². The molecule has 1 aromatic carbocycles. The van der Waals surface area contributed by atoms with Crippen molar-refractivity contribution in [3.8, 4) is 11.5 Å². The first-order valence-corrected chi connectivity index (χ1v) is 13.2. The van der Waals surface area contributed by atoms with Gasteiger partial charge >= 0.3 is 0 Å². The lowest BCUT2D eigenvalue weighted by molar-refractivity contribution is 0.0560. The van der Waals surface area contributed by atoms with E-state index in [4.69, 9.17) is 4.74 Å². The van der Waals surface area contributed by atoms with E-state index in [0.29, 0.717) is 5.75 Å². The summed E-state index contributed by atoms with van der Waals surface area (Å²) < 4.78 is 6.44. The van der Waals surface area contributed by atoms with Crippen molar-refractivity contribution >= 4 is 0 Å². The summed E-state index contributed by atoms with van der Waals surface area (Å²) in [6, 6.07) is 1.83. The van der Waals surface area contributed by atoms with Gasteiger partial charge in [0.2, 0.25) is 0 Å². The fourth-order valence-corrected chi connectivity index (χ4v) is 3.99. The van der Waals surface area contributed by atoms with E-state index < -0.39 is 0 Å². The molecule has 0 radical (unpaired) electrons. The molecule has 2 heteroatoms. The molecule has 0 aromatic heterocycles. The number of benzene rings is 1. The Morgan fingerprint density at radius 1 is 0.971 bits per heavy atom. The van der Waals surface area contributed by atoms with Crippen LogP contribution in [-0.4, -0.2) is 10.7 Å². The van der Waals surface area contributed by atoms with E-state index >= 15 is 0 Å². The van der Waals surface area contributed by atoms with Gasteiger partial charge in [0.05, 0.1) is 0 Å². The van der Waals surface area contributed by atoms with E-state index in [0.717, 1.165) is 61.8 Å². The number of allylic oxidation sites excluding steroid dienone is 6. The van der Waals surface area contributed by atoms with Gasteiger partial charge < -0.3 is 9.84 Å². The fourth-order valence-electron chi connectivity index (χ4n) is 3.99. The SMILES string of the molecule is C.CC.CC.CC(C)=CCC/C(C)=C/CC/C=C/CC[C@@]1(C)CCc2c(C)c(O)cc(C)c2O1. The third-order valence-corrected chi connectivity index (χ3v) is 6.00. The predicted octanol–water partition coefficient (Wildman–Crippen LogP) is 10.6. The molecule has 2 rings (SSSR count). The minimum absolute atomic E-state index is 0. The maximum Gasteiger partial charge on any atom is 0.126 e. The van der Waals surface area contributed by atoms with Crippen LogP contribution in [0.25, 0.3) is 0 Å². The Kier molecular flexibility index (Phi) is 18.5. The number of ether oxygens (including phenoxy) is 1. The summed E-state index contributed by atoms with van der Waals surface area (Å²) in [5, 5.41) is 10.1. The minimum Gasteiger partial charge on any atom is -0.508 e. The van der Waals surface area contributed by atoms with Crippen LogP contribution in [0.4, 0.5) is 0 Å². The number of aromatic hydroxyl groups is 1. The Morgan fingerprint density at radius 3 is 2.21 bits per heavy atom. The Hall–Kier alpha value is -1.96. The molecule has 196 valence electrons. The van der Waals surface area contributed by atoms with E-state index in [1.807, 2.05) is 47.6 Å². The highest BCUT2D eigenvalue weighted by Crippen LogP contribution is 2.42. The first-order valence-electron chi connectivity index (χ1n) is 13.2. The zero-order chi connectivity index (χ0) is 25.4. The lowest BCUT2D eigenvalue weighted by Crippen LogP contribution is -2.36. The topological polar surface area (TPSA) is 29.5 Å². The summed E-state index contributed by atoms with van der Waals surface area (Å²) in [6.45, 7) is 20.8. The maximum atomic E-state index is 10.1. The Bertz CT molecular complexity index is 779. The molecule has 2 nitrogen and oxygen atoms in total. The second-order valence-corrected chi connectivity index (χ2v) is 9.16. The van der Waals surface area contributed by atoms with Crippen molar-refractivity contribution in [3.05, 3.63) is 58.2 Å². The molecular formula is C32H56O2. The van der Waals surface area contributed by atoms with E-state index in [9.17, 15) is 5.11 Å². The monoisotopic (exact) mass is 472 g/mol. The molecule has 0 amide bonds. The minimum atomic E-state index is -0.118. The highest BCUT2D eigenvalue weighted by molar-refractivity contribution is 5.53. The van der Waals surface area contributed by atoms with E-state index in [-0.39, 0.29) is 13.0 Å². The molecule has 0 saturated heterocycles. The summed E-state index contributed by atoms with van der Waals surface area (Å²) in [4.78, 5) is 0. The van der Waals surface area contributed by atoms with Crippen LogP contribution < -0.4 is 4.74 Å². The maximum absolute atomic E-state index is 10.1. The van der Waals surface area contributed by atoms with Gasteiger partial charge in [0.25, 0.3) is 0 Å². The van der Waals surface area contributed by atoms with Crippen molar-refractivity contribution in [1.82, 2.24) is 0 Å². The summed E-state index contributed by atoms with van der Waals surface area (Å²) in [6.07, 6.45) is 17.9. The third kappa shape index (κ3) is 12.0. The van der Waals surface area contributed by atoms with Gasteiger partial charge in [-0.3, -0.25) is 0 Å². The van der Waals surface area contributed by atoms with Crippen LogP contribution in [0.3, 0.4) is 0 Å². The van der Waals surface area contributed by atoms with Crippen molar-refractivity contribution in [2.24, 2.45) is 0 Å². The number of phenolic OH excluding ortho intramolecular Hbond substituents is 1. The molecule has 1 aliphatic heterocycles. The molecule has 0 fully saturated rings. The normalized spacial score (nSPS) is 16.7. The lowest BCUT2D eigenvalue weighted by atomic mass is 9.86. The van der Waals surface area contributed by atoms with Gasteiger partial charge in [-0.05, 0) is 110 Å². The second kappa shape index (κ2) is 18.4. The Balaban J connectivity index is 0. The Morgan fingerprint density at radius 2 is 1.59 bits per heavy atom. The number of aryl methyl sites for hydroxylation is 1. The second-order valence-electron chi connectivity index (χ2n) is 9.16. The van der Waals surface area contributed by atoms with Crippen molar-refractivity contribution in [1.29, 1.82) is 0 Å².